The van der Waals surface area contributed by atoms with Gasteiger partial charge in [-0.1, -0.05) is 12.1 Å². The lowest BCUT2D eigenvalue weighted by Gasteiger charge is -2.08. The monoisotopic (exact) mass is 345 g/mol. The van der Waals surface area contributed by atoms with Gasteiger partial charge >= 0.3 is 0 Å². The molecule has 0 unspecified atom stereocenters. The first-order valence-corrected chi connectivity index (χ1v) is 7.74. The standard InChI is InChI=1S/C19H15N5O2/c1-26-15-8-6-14(7-9-15)22-18(25)17-10-11-21-19(24-17)23-16-5-3-2-4-13(16)12-20/h2-11H,1H3,(H,22,25)(H,21,23,24). The van der Waals surface area contributed by atoms with Crippen LogP contribution in [0.25, 0.3) is 0 Å². The molecule has 0 radical (unpaired) electrons. The number of benzene rings is 2. The van der Waals surface area contributed by atoms with Gasteiger partial charge in [0.05, 0.1) is 18.4 Å². The van der Waals surface area contributed by atoms with Crippen LogP contribution < -0.4 is 15.4 Å². The van der Waals surface area contributed by atoms with Crippen LogP contribution in [0.2, 0.25) is 0 Å². The third-order valence-electron chi connectivity index (χ3n) is 3.53. The van der Waals surface area contributed by atoms with Gasteiger partial charge in [0.15, 0.2) is 0 Å². The number of anilines is 3. The van der Waals surface area contributed by atoms with E-state index < -0.39 is 0 Å². The number of aromatic nitrogens is 2. The number of nitrogens with one attached hydrogen (secondary N) is 2. The SMILES string of the molecule is COc1ccc(NC(=O)c2ccnc(Nc3ccccc3C#N)n2)cc1. The van der Waals surface area contributed by atoms with Gasteiger partial charge < -0.3 is 15.4 Å². The van der Waals surface area contributed by atoms with E-state index in [1.165, 1.54) is 12.3 Å². The molecule has 1 aromatic heterocycles. The maximum absolute atomic E-state index is 12.4. The Kier molecular flexibility index (Phi) is 5.05. The summed E-state index contributed by atoms with van der Waals surface area (Å²) in [6, 6.07) is 17.6. The third-order valence-corrected chi connectivity index (χ3v) is 3.53. The van der Waals surface area contributed by atoms with Crippen molar-refractivity contribution in [3.63, 3.8) is 0 Å². The molecule has 0 bridgehead atoms. The molecule has 1 amide bonds. The number of rotatable bonds is 5. The molecule has 26 heavy (non-hydrogen) atoms. The normalized spacial score (nSPS) is 9.85. The summed E-state index contributed by atoms with van der Waals surface area (Å²) < 4.78 is 5.09. The highest BCUT2D eigenvalue weighted by Gasteiger charge is 2.10. The molecule has 0 atom stereocenters. The van der Waals surface area contributed by atoms with Gasteiger partial charge in [-0.3, -0.25) is 4.79 Å². The molecule has 0 spiro atoms. The first kappa shape index (κ1) is 16.9. The summed E-state index contributed by atoms with van der Waals surface area (Å²) in [5, 5.41) is 14.9. The Hall–Kier alpha value is -3.92. The summed E-state index contributed by atoms with van der Waals surface area (Å²) in [7, 11) is 1.58. The van der Waals surface area contributed by atoms with Crippen molar-refractivity contribution in [3.05, 3.63) is 72.1 Å². The van der Waals surface area contributed by atoms with Crippen molar-refractivity contribution in [3.8, 4) is 11.8 Å². The first-order chi connectivity index (χ1) is 12.7. The molecular weight excluding hydrogens is 330 g/mol. The van der Waals surface area contributed by atoms with E-state index in [1.54, 1.807) is 55.6 Å². The molecule has 2 N–H and O–H groups in total. The number of nitriles is 1. The van der Waals surface area contributed by atoms with Crippen LogP contribution in [0.5, 0.6) is 5.75 Å². The first-order valence-electron chi connectivity index (χ1n) is 7.74. The van der Waals surface area contributed by atoms with Crippen molar-refractivity contribution in [2.75, 3.05) is 17.7 Å². The minimum atomic E-state index is -0.366. The van der Waals surface area contributed by atoms with E-state index in [-0.39, 0.29) is 17.5 Å². The van der Waals surface area contributed by atoms with E-state index >= 15 is 0 Å². The molecule has 0 saturated carbocycles. The highest BCUT2D eigenvalue weighted by Crippen LogP contribution is 2.18. The van der Waals surface area contributed by atoms with Gasteiger partial charge in [-0.05, 0) is 42.5 Å². The second-order valence-electron chi connectivity index (χ2n) is 5.23. The van der Waals surface area contributed by atoms with Crippen molar-refractivity contribution in [1.29, 1.82) is 5.26 Å². The van der Waals surface area contributed by atoms with Crippen molar-refractivity contribution in [2.24, 2.45) is 0 Å². The molecular formula is C19H15N5O2. The van der Waals surface area contributed by atoms with E-state index in [4.69, 9.17) is 10.00 Å². The molecule has 128 valence electrons. The second kappa shape index (κ2) is 7.77. The van der Waals surface area contributed by atoms with Crippen LogP contribution in [0.15, 0.2) is 60.8 Å². The third kappa shape index (κ3) is 3.94. The van der Waals surface area contributed by atoms with Gasteiger partial charge in [0.25, 0.3) is 5.91 Å². The van der Waals surface area contributed by atoms with Crippen molar-refractivity contribution in [1.82, 2.24) is 9.97 Å². The molecule has 0 aliphatic rings. The molecule has 1 heterocycles. The van der Waals surface area contributed by atoms with Crippen LogP contribution in [0.1, 0.15) is 16.1 Å². The summed E-state index contributed by atoms with van der Waals surface area (Å²) in [5.74, 6) is 0.567. The highest BCUT2D eigenvalue weighted by molar-refractivity contribution is 6.03. The average molecular weight is 345 g/mol. The fourth-order valence-corrected chi connectivity index (χ4v) is 2.22. The fraction of sp³-hybridized carbons (Fsp3) is 0.0526. The summed E-state index contributed by atoms with van der Waals surface area (Å²) in [6.45, 7) is 0. The molecule has 3 aromatic rings. The van der Waals surface area contributed by atoms with E-state index in [2.05, 4.69) is 26.7 Å². The Labute approximate surface area is 150 Å². The molecule has 2 aromatic carbocycles. The van der Waals surface area contributed by atoms with E-state index in [0.717, 1.165) is 0 Å². The molecule has 0 aliphatic carbocycles. The van der Waals surface area contributed by atoms with Gasteiger partial charge in [0, 0.05) is 11.9 Å². The molecule has 7 nitrogen and oxygen atoms in total. The molecule has 0 fully saturated rings. The van der Waals surface area contributed by atoms with Crippen molar-refractivity contribution < 1.29 is 9.53 Å². The van der Waals surface area contributed by atoms with Crippen LogP contribution in [0.4, 0.5) is 17.3 Å². The van der Waals surface area contributed by atoms with Crippen LogP contribution >= 0.6 is 0 Å². The number of methoxy groups -OCH3 is 1. The van der Waals surface area contributed by atoms with Crippen molar-refractivity contribution in [2.45, 2.75) is 0 Å². The quantitative estimate of drug-likeness (QED) is 0.735. The average Bonchev–Trinajstić information content (AvgIpc) is 2.69. The van der Waals surface area contributed by atoms with Crippen LogP contribution in [-0.4, -0.2) is 23.0 Å². The molecule has 0 aliphatic heterocycles. The van der Waals surface area contributed by atoms with Gasteiger partial charge in [0.1, 0.15) is 17.5 Å². The number of carbonyl (C=O) groups excluding carboxylic acids is 1. The smallest absolute Gasteiger partial charge is 0.274 e. The van der Waals surface area contributed by atoms with E-state index in [9.17, 15) is 4.79 Å². The maximum atomic E-state index is 12.4. The summed E-state index contributed by atoms with van der Waals surface area (Å²) >= 11 is 0. The summed E-state index contributed by atoms with van der Waals surface area (Å²) in [5.41, 5.74) is 1.86. The zero-order valence-electron chi connectivity index (χ0n) is 13.9. The molecule has 0 saturated heterocycles. The van der Waals surface area contributed by atoms with Crippen molar-refractivity contribution >= 4 is 23.2 Å². The minimum Gasteiger partial charge on any atom is -0.497 e. The Morgan fingerprint density at radius 3 is 2.62 bits per heavy atom. The second-order valence-corrected chi connectivity index (χ2v) is 5.23. The minimum absolute atomic E-state index is 0.202. The number of para-hydroxylation sites is 1. The Morgan fingerprint density at radius 1 is 1.12 bits per heavy atom. The predicted octanol–water partition coefficient (Wildman–Crippen LogP) is 3.35. The Balaban J connectivity index is 1.75. The topological polar surface area (TPSA) is 99.9 Å². The highest BCUT2D eigenvalue weighted by atomic mass is 16.5. The largest absolute Gasteiger partial charge is 0.497 e. The number of carbonyl (C=O) groups is 1. The number of hydrogen-bond donors (Lipinski definition) is 2. The zero-order chi connectivity index (χ0) is 18.4. The predicted molar refractivity (Wildman–Crippen MR) is 97.4 cm³/mol. The van der Waals surface area contributed by atoms with E-state index in [1.807, 2.05) is 0 Å². The number of nitrogens with zero attached hydrogens (tertiary/aromatic N) is 3. The maximum Gasteiger partial charge on any atom is 0.274 e. The van der Waals surface area contributed by atoms with Crippen LogP contribution in [-0.2, 0) is 0 Å². The van der Waals surface area contributed by atoms with Crippen LogP contribution in [0.3, 0.4) is 0 Å². The van der Waals surface area contributed by atoms with Gasteiger partial charge in [-0.25, -0.2) is 9.97 Å². The number of amides is 1. The Morgan fingerprint density at radius 2 is 1.88 bits per heavy atom. The van der Waals surface area contributed by atoms with Gasteiger partial charge in [-0.15, -0.1) is 0 Å². The lowest BCUT2D eigenvalue weighted by molar-refractivity contribution is 0.102. The van der Waals surface area contributed by atoms with Gasteiger partial charge in [-0.2, -0.15) is 5.26 Å². The lowest BCUT2D eigenvalue weighted by atomic mass is 10.2. The number of ether oxygens (including phenoxy) is 1. The lowest BCUT2D eigenvalue weighted by Crippen LogP contribution is -2.14. The van der Waals surface area contributed by atoms with E-state index in [0.29, 0.717) is 22.7 Å². The van der Waals surface area contributed by atoms with Crippen LogP contribution in [0, 0.1) is 11.3 Å². The molecule has 7 heteroatoms. The number of hydrogen-bond acceptors (Lipinski definition) is 6. The summed E-state index contributed by atoms with van der Waals surface area (Å²) in [6.07, 6.45) is 1.48. The fourth-order valence-electron chi connectivity index (χ4n) is 2.22. The summed E-state index contributed by atoms with van der Waals surface area (Å²) in [4.78, 5) is 20.7. The zero-order valence-corrected chi connectivity index (χ0v) is 13.9. The molecule has 3 rings (SSSR count). The Bertz CT molecular complexity index is 964. The van der Waals surface area contributed by atoms with Gasteiger partial charge in [0.2, 0.25) is 5.95 Å².